The van der Waals surface area contributed by atoms with Gasteiger partial charge in [-0.1, -0.05) is 24.8 Å². The van der Waals surface area contributed by atoms with Crippen LogP contribution in [0.2, 0.25) is 0 Å². The molecule has 1 N–H and O–H groups in total. The monoisotopic (exact) mass is 226 g/mol. The Bertz CT molecular complexity index is 361. The number of aliphatic carboxylic acids is 1. The van der Waals surface area contributed by atoms with E-state index in [2.05, 4.69) is 0 Å². The first-order chi connectivity index (χ1) is 6.98. The molecule has 2 aliphatic rings. The highest BCUT2D eigenvalue weighted by Crippen LogP contribution is 2.59. The van der Waals surface area contributed by atoms with Crippen molar-refractivity contribution in [2.24, 2.45) is 17.3 Å². The van der Waals surface area contributed by atoms with Crippen molar-refractivity contribution in [2.45, 2.75) is 20.3 Å². The summed E-state index contributed by atoms with van der Waals surface area (Å²) >= 11 is 1.33. The third-order valence-corrected chi connectivity index (χ3v) is 4.71. The van der Waals surface area contributed by atoms with E-state index in [-0.39, 0.29) is 17.0 Å². The molecule has 3 unspecified atom stereocenters. The predicted molar refractivity (Wildman–Crippen MR) is 58.6 cm³/mol. The molecule has 0 aromatic carbocycles. The summed E-state index contributed by atoms with van der Waals surface area (Å²) in [6.45, 7) is 3.69. The van der Waals surface area contributed by atoms with E-state index in [4.69, 9.17) is 5.11 Å². The van der Waals surface area contributed by atoms with E-state index < -0.39 is 11.4 Å². The first kappa shape index (κ1) is 10.7. The van der Waals surface area contributed by atoms with E-state index in [0.717, 1.165) is 17.7 Å². The van der Waals surface area contributed by atoms with Gasteiger partial charge in [0, 0.05) is 11.3 Å². The Balaban J connectivity index is 2.16. The van der Waals surface area contributed by atoms with Crippen LogP contribution in [0.1, 0.15) is 20.3 Å². The van der Waals surface area contributed by atoms with Crippen LogP contribution in [-0.4, -0.2) is 21.9 Å². The summed E-state index contributed by atoms with van der Waals surface area (Å²) in [5.74, 6) is 0.263. The third kappa shape index (κ3) is 1.51. The van der Waals surface area contributed by atoms with E-state index in [1.165, 1.54) is 11.8 Å². The summed E-state index contributed by atoms with van der Waals surface area (Å²) in [7, 11) is 0. The van der Waals surface area contributed by atoms with Crippen molar-refractivity contribution in [3.63, 3.8) is 0 Å². The maximum atomic E-state index is 11.4. The van der Waals surface area contributed by atoms with Gasteiger partial charge in [0.15, 0.2) is 0 Å². The molecule has 1 saturated heterocycles. The van der Waals surface area contributed by atoms with Crippen molar-refractivity contribution in [3.8, 4) is 0 Å². The summed E-state index contributed by atoms with van der Waals surface area (Å²) in [4.78, 5) is 22.4. The Kier molecular flexibility index (Phi) is 2.41. The molecular formula is C11H14O3S. The zero-order valence-corrected chi connectivity index (χ0v) is 9.63. The molecule has 0 bridgehead atoms. The van der Waals surface area contributed by atoms with Crippen molar-refractivity contribution in [1.29, 1.82) is 0 Å². The van der Waals surface area contributed by atoms with Gasteiger partial charge in [0.25, 0.3) is 0 Å². The smallest absolute Gasteiger partial charge is 0.310 e. The van der Waals surface area contributed by atoms with Gasteiger partial charge in [-0.25, -0.2) is 0 Å². The van der Waals surface area contributed by atoms with Crippen molar-refractivity contribution in [1.82, 2.24) is 0 Å². The summed E-state index contributed by atoms with van der Waals surface area (Å²) in [6.07, 6.45) is 2.68. The van der Waals surface area contributed by atoms with Crippen LogP contribution in [0.5, 0.6) is 0 Å². The first-order valence-electron chi connectivity index (χ1n) is 5.09. The number of rotatable bonds is 2. The van der Waals surface area contributed by atoms with Crippen molar-refractivity contribution in [2.75, 3.05) is 5.75 Å². The fourth-order valence-electron chi connectivity index (χ4n) is 2.24. The topological polar surface area (TPSA) is 54.4 Å². The zero-order valence-electron chi connectivity index (χ0n) is 8.82. The van der Waals surface area contributed by atoms with Crippen LogP contribution in [0, 0.1) is 17.3 Å². The normalized spacial score (nSPS) is 42.3. The van der Waals surface area contributed by atoms with Crippen molar-refractivity contribution in [3.05, 3.63) is 11.6 Å². The van der Waals surface area contributed by atoms with Crippen molar-refractivity contribution >= 4 is 22.8 Å². The van der Waals surface area contributed by atoms with Crippen LogP contribution >= 0.6 is 11.8 Å². The molecule has 0 aromatic rings. The lowest BCUT2D eigenvalue weighted by Crippen LogP contribution is -2.14. The van der Waals surface area contributed by atoms with Crippen LogP contribution < -0.4 is 0 Å². The number of carbonyl (C=O) groups excluding carboxylic acids is 1. The summed E-state index contributed by atoms with van der Waals surface area (Å²) < 4.78 is 0. The molecule has 1 saturated carbocycles. The highest BCUT2D eigenvalue weighted by atomic mass is 32.2. The molecule has 0 amide bonds. The van der Waals surface area contributed by atoms with Gasteiger partial charge in [0.1, 0.15) is 0 Å². The Morgan fingerprint density at radius 2 is 2.33 bits per heavy atom. The van der Waals surface area contributed by atoms with Crippen LogP contribution in [0.15, 0.2) is 11.6 Å². The average molecular weight is 226 g/mol. The van der Waals surface area contributed by atoms with Crippen LogP contribution in [-0.2, 0) is 9.59 Å². The summed E-state index contributed by atoms with van der Waals surface area (Å²) in [5.41, 5.74) is 0.169. The third-order valence-electron chi connectivity index (χ3n) is 3.78. The second kappa shape index (κ2) is 3.37. The van der Waals surface area contributed by atoms with Gasteiger partial charge in [-0.05, 0) is 25.2 Å². The Morgan fingerprint density at radius 1 is 1.67 bits per heavy atom. The minimum Gasteiger partial charge on any atom is -0.481 e. The van der Waals surface area contributed by atoms with E-state index in [1.807, 2.05) is 13.0 Å². The number of carboxylic acid groups (broad SMARTS) is 1. The van der Waals surface area contributed by atoms with Gasteiger partial charge in [0.05, 0.1) is 5.41 Å². The van der Waals surface area contributed by atoms with Crippen LogP contribution in [0.25, 0.3) is 0 Å². The van der Waals surface area contributed by atoms with Gasteiger partial charge in [-0.15, -0.1) is 0 Å². The summed E-state index contributed by atoms with van der Waals surface area (Å²) in [5, 5.41) is 9.20. The average Bonchev–Trinajstić information content (AvgIpc) is 2.56. The molecule has 1 aliphatic heterocycles. The molecule has 1 aliphatic carbocycles. The van der Waals surface area contributed by atoms with Gasteiger partial charge in [-0.3, -0.25) is 9.59 Å². The predicted octanol–water partition coefficient (Wildman–Crippen LogP) is 1.93. The number of allylic oxidation sites excluding steroid dienone is 1. The highest BCUT2D eigenvalue weighted by molar-refractivity contribution is 8.14. The highest BCUT2D eigenvalue weighted by Gasteiger charge is 2.63. The van der Waals surface area contributed by atoms with Gasteiger partial charge in [-0.2, -0.15) is 0 Å². The SMILES string of the molecule is CC1C(/C=C2\CCSC2=O)C1(C)C(=O)O. The first-order valence-corrected chi connectivity index (χ1v) is 6.07. The second-order valence-corrected chi connectivity index (χ2v) is 5.55. The molecule has 15 heavy (non-hydrogen) atoms. The molecular weight excluding hydrogens is 212 g/mol. The Hall–Kier alpha value is -0.770. The minimum absolute atomic E-state index is 0.0349. The number of hydrogen-bond acceptors (Lipinski definition) is 3. The van der Waals surface area contributed by atoms with Gasteiger partial charge in [0.2, 0.25) is 5.12 Å². The van der Waals surface area contributed by atoms with E-state index in [9.17, 15) is 9.59 Å². The number of carbonyl (C=O) groups is 2. The molecule has 3 nitrogen and oxygen atoms in total. The molecule has 82 valence electrons. The maximum Gasteiger partial charge on any atom is 0.310 e. The summed E-state index contributed by atoms with van der Waals surface area (Å²) in [6, 6.07) is 0. The van der Waals surface area contributed by atoms with Crippen LogP contribution in [0.4, 0.5) is 0 Å². The van der Waals surface area contributed by atoms with E-state index >= 15 is 0 Å². The van der Waals surface area contributed by atoms with Gasteiger partial charge < -0.3 is 5.11 Å². The van der Waals surface area contributed by atoms with Crippen molar-refractivity contribution < 1.29 is 14.7 Å². The number of hydrogen-bond donors (Lipinski definition) is 1. The molecule has 4 heteroatoms. The lowest BCUT2D eigenvalue weighted by molar-refractivity contribution is -0.143. The number of carboxylic acids is 1. The quantitative estimate of drug-likeness (QED) is 0.731. The molecule has 3 atom stereocenters. The largest absolute Gasteiger partial charge is 0.481 e. The molecule has 0 aromatic heterocycles. The Morgan fingerprint density at radius 3 is 2.73 bits per heavy atom. The Labute approximate surface area is 92.9 Å². The van der Waals surface area contributed by atoms with Gasteiger partial charge >= 0.3 is 5.97 Å². The standard InChI is InChI=1S/C11H14O3S/c1-6-8(11(6,2)10(13)14)5-7-3-4-15-9(7)12/h5-6,8H,3-4H2,1-2H3,(H,13,14)/b7-5+. The van der Waals surface area contributed by atoms with E-state index in [1.54, 1.807) is 6.92 Å². The molecule has 0 radical (unpaired) electrons. The number of thioether (sulfide) groups is 1. The van der Waals surface area contributed by atoms with Crippen LogP contribution in [0.3, 0.4) is 0 Å². The molecule has 2 rings (SSSR count). The molecule has 0 spiro atoms. The molecule has 1 heterocycles. The molecule has 2 fully saturated rings. The second-order valence-electron chi connectivity index (χ2n) is 4.48. The lowest BCUT2D eigenvalue weighted by Gasteiger charge is -2.01. The van der Waals surface area contributed by atoms with E-state index in [0.29, 0.717) is 0 Å². The zero-order chi connectivity index (χ0) is 11.2. The minimum atomic E-state index is -0.755. The fraction of sp³-hybridized carbons (Fsp3) is 0.636. The lowest BCUT2D eigenvalue weighted by atomic mass is 10.0. The fourth-order valence-corrected chi connectivity index (χ4v) is 3.10. The maximum absolute atomic E-state index is 11.4.